The Morgan fingerprint density at radius 1 is 0.889 bits per heavy atom. The first-order chi connectivity index (χ1) is 13.1. The summed E-state index contributed by atoms with van der Waals surface area (Å²) < 4.78 is 6.82. The number of allylic oxidation sites excluding steroid dienone is 1. The summed E-state index contributed by atoms with van der Waals surface area (Å²) in [5.41, 5.74) is 5.89. The Morgan fingerprint density at radius 2 is 1.56 bits per heavy atom. The lowest BCUT2D eigenvalue weighted by atomic mass is 9.88. The summed E-state index contributed by atoms with van der Waals surface area (Å²) in [5, 5.41) is 0. The van der Waals surface area contributed by atoms with Gasteiger partial charge in [0.25, 0.3) is 0 Å². The molecule has 0 saturated heterocycles. The van der Waals surface area contributed by atoms with E-state index in [0.29, 0.717) is 0 Å². The van der Waals surface area contributed by atoms with Gasteiger partial charge in [0.1, 0.15) is 5.75 Å². The van der Waals surface area contributed by atoms with Gasteiger partial charge in [0, 0.05) is 3.57 Å². The molecule has 0 heterocycles. The Hall–Kier alpha value is -1.78. The normalized spacial score (nSPS) is 13.0. The van der Waals surface area contributed by atoms with Crippen molar-refractivity contribution in [3.63, 3.8) is 0 Å². The molecule has 27 heavy (non-hydrogen) atoms. The van der Waals surface area contributed by atoms with Gasteiger partial charge in [-0.3, -0.25) is 0 Å². The summed E-state index contributed by atoms with van der Waals surface area (Å²) in [6.07, 6.45) is 0.946. The van der Waals surface area contributed by atoms with Crippen molar-refractivity contribution in [3.8, 4) is 5.75 Å². The third-order valence-corrected chi connectivity index (χ3v) is 5.09. The summed E-state index contributed by atoms with van der Waals surface area (Å²) in [4.78, 5) is 0. The van der Waals surface area contributed by atoms with Gasteiger partial charge < -0.3 is 4.74 Å². The molecule has 3 aromatic rings. The van der Waals surface area contributed by atoms with Crippen molar-refractivity contribution in [1.29, 1.82) is 0 Å². The Morgan fingerprint density at radius 3 is 2.15 bits per heavy atom. The summed E-state index contributed by atoms with van der Waals surface area (Å²) in [6.45, 7) is 4.03. The highest BCUT2D eigenvalue weighted by atomic mass is 127. The summed E-state index contributed by atoms with van der Waals surface area (Å²) >= 11 is 8.32. The first-order valence-corrected chi connectivity index (χ1v) is 10.6. The second-order valence-corrected chi connectivity index (χ2v) is 8.13. The molecule has 0 saturated carbocycles. The zero-order valence-electron chi connectivity index (χ0n) is 15.5. The number of hydrogen-bond acceptors (Lipinski definition) is 1. The second-order valence-electron chi connectivity index (χ2n) is 6.27. The molecule has 1 atom stereocenters. The van der Waals surface area contributed by atoms with Gasteiger partial charge in [-0.15, -0.1) is 0 Å². The van der Waals surface area contributed by atoms with Crippen LogP contribution in [-0.2, 0) is 0 Å². The van der Waals surface area contributed by atoms with E-state index in [1.165, 1.54) is 31.4 Å². The number of hydrogen-bond donors (Lipinski definition) is 0. The third kappa shape index (κ3) is 5.14. The van der Waals surface area contributed by atoms with Crippen molar-refractivity contribution in [3.05, 3.63) is 99.1 Å². The molecule has 1 nitrogen and oxygen atoms in total. The van der Waals surface area contributed by atoms with Crippen LogP contribution in [0.25, 0.3) is 11.1 Å². The summed E-state index contributed by atoms with van der Waals surface area (Å²) in [5.74, 6) is 0.779. The maximum absolute atomic E-state index is 5.95. The van der Waals surface area contributed by atoms with Gasteiger partial charge in [-0.05, 0) is 88.0 Å². The van der Waals surface area contributed by atoms with E-state index in [-0.39, 0.29) is 5.56 Å². The molecule has 0 spiro atoms. The Balaban J connectivity index is 2.17. The minimum Gasteiger partial charge on any atom is -0.475 e. The highest BCUT2D eigenvalue weighted by molar-refractivity contribution is 14.1. The van der Waals surface area contributed by atoms with Crippen LogP contribution in [0.15, 0.2) is 78.9 Å². The quantitative estimate of drug-likeness (QED) is 0.197. The molecule has 3 aromatic carbocycles. The topological polar surface area (TPSA) is 9.23 Å². The fourth-order valence-corrected chi connectivity index (χ4v) is 3.86. The molecule has 1 unspecified atom stereocenters. The number of halogens is 2. The third-order valence-electron chi connectivity index (χ3n) is 4.33. The van der Waals surface area contributed by atoms with Crippen LogP contribution in [0.1, 0.15) is 37.0 Å². The van der Waals surface area contributed by atoms with E-state index in [0.717, 1.165) is 12.2 Å². The maximum Gasteiger partial charge on any atom is 0.169 e. The molecule has 0 radical (unpaired) electrons. The minimum atomic E-state index is -0.350. The summed E-state index contributed by atoms with van der Waals surface area (Å²) in [6, 6.07) is 27.5. The molecule has 0 amide bonds. The average Bonchev–Trinajstić information content (AvgIpc) is 2.67. The van der Waals surface area contributed by atoms with E-state index < -0.39 is 0 Å². The average molecular weight is 489 g/mol. The van der Waals surface area contributed by atoms with Gasteiger partial charge in [0.2, 0.25) is 0 Å². The predicted octanol–water partition coefficient (Wildman–Crippen LogP) is 7.62. The lowest BCUT2D eigenvalue weighted by molar-refractivity contribution is 0.301. The zero-order chi connectivity index (χ0) is 19.2. The van der Waals surface area contributed by atoms with Crippen LogP contribution >= 0.6 is 34.2 Å². The number of benzene rings is 3. The molecule has 0 aromatic heterocycles. The fourth-order valence-electron chi connectivity index (χ4n) is 3.21. The van der Waals surface area contributed by atoms with E-state index in [4.69, 9.17) is 16.3 Å². The van der Waals surface area contributed by atoms with Crippen LogP contribution in [0, 0.1) is 3.57 Å². The Labute approximate surface area is 180 Å². The zero-order valence-corrected chi connectivity index (χ0v) is 18.4. The molecule has 3 heteroatoms. The molecule has 0 bridgehead atoms. The first kappa shape index (κ1) is 20.0. The van der Waals surface area contributed by atoms with E-state index in [9.17, 15) is 0 Å². The predicted molar refractivity (Wildman–Crippen MR) is 124 cm³/mol. The smallest absolute Gasteiger partial charge is 0.169 e. The molecule has 0 aliphatic heterocycles. The standard InChI is InChI=1S/C24H22ClIO/c1-3-23(18-8-5-4-6-9-18)24(20-10-7-11-21(26)16-20)19-12-14-22(15-13-19)27-17(2)25/h4-17H,3H2,1-2H3. The monoisotopic (exact) mass is 488 g/mol. The van der Waals surface area contributed by atoms with Gasteiger partial charge in [-0.25, -0.2) is 0 Å². The molecular formula is C24H22ClIO. The van der Waals surface area contributed by atoms with Gasteiger partial charge in [-0.1, -0.05) is 73.1 Å². The Bertz CT molecular complexity index is 915. The Kier molecular flexibility index (Phi) is 6.97. The van der Waals surface area contributed by atoms with E-state index in [1.54, 1.807) is 0 Å². The SMILES string of the molecule is CCC(=C(c1ccc(OC(C)Cl)cc1)c1cccc(I)c1)c1ccccc1. The van der Waals surface area contributed by atoms with E-state index >= 15 is 0 Å². The van der Waals surface area contributed by atoms with Crippen LogP contribution in [0.3, 0.4) is 0 Å². The van der Waals surface area contributed by atoms with Crippen LogP contribution in [-0.4, -0.2) is 5.56 Å². The second kappa shape index (κ2) is 9.43. The van der Waals surface area contributed by atoms with Gasteiger partial charge in [-0.2, -0.15) is 0 Å². The van der Waals surface area contributed by atoms with Crippen molar-refractivity contribution in [2.75, 3.05) is 0 Å². The molecule has 138 valence electrons. The van der Waals surface area contributed by atoms with Crippen LogP contribution in [0.5, 0.6) is 5.75 Å². The number of ether oxygens (including phenoxy) is 1. The molecule has 3 rings (SSSR count). The molecule has 0 aliphatic rings. The summed E-state index contributed by atoms with van der Waals surface area (Å²) in [7, 11) is 0. The van der Waals surface area contributed by atoms with E-state index in [2.05, 4.69) is 96.2 Å². The lowest BCUT2D eigenvalue weighted by Gasteiger charge is -2.17. The van der Waals surface area contributed by atoms with Crippen molar-refractivity contribution in [2.45, 2.75) is 25.8 Å². The molecular weight excluding hydrogens is 467 g/mol. The maximum atomic E-state index is 5.95. The van der Waals surface area contributed by atoms with Crippen LogP contribution < -0.4 is 4.74 Å². The molecule has 0 aliphatic carbocycles. The molecule has 0 N–H and O–H groups in total. The van der Waals surface area contributed by atoms with Crippen LogP contribution in [0.2, 0.25) is 0 Å². The number of alkyl halides is 1. The fraction of sp³-hybridized carbons (Fsp3) is 0.167. The highest BCUT2D eigenvalue weighted by Gasteiger charge is 2.13. The minimum absolute atomic E-state index is 0.350. The number of rotatable bonds is 6. The van der Waals surface area contributed by atoms with Crippen molar-refractivity contribution < 1.29 is 4.74 Å². The van der Waals surface area contributed by atoms with Crippen LogP contribution in [0.4, 0.5) is 0 Å². The highest BCUT2D eigenvalue weighted by Crippen LogP contribution is 2.35. The van der Waals surface area contributed by atoms with E-state index in [1.807, 2.05) is 19.1 Å². The van der Waals surface area contributed by atoms with Crippen molar-refractivity contribution in [2.24, 2.45) is 0 Å². The van der Waals surface area contributed by atoms with Gasteiger partial charge >= 0.3 is 0 Å². The van der Waals surface area contributed by atoms with Gasteiger partial charge in [0.15, 0.2) is 5.56 Å². The molecule has 0 fully saturated rings. The van der Waals surface area contributed by atoms with Crippen molar-refractivity contribution in [1.82, 2.24) is 0 Å². The van der Waals surface area contributed by atoms with Gasteiger partial charge in [0.05, 0.1) is 0 Å². The first-order valence-electron chi connectivity index (χ1n) is 9.04. The van der Waals surface area contributed by atoms with Crippen molar-refractivity contribution >= 4 is 45.3 Å². The largest absolute Gasteiger partial charge is 0.475 e. The lowest BCUT2D eigenvalue weighted by Crippen LogP contribution is -2.02.